The molecule has 11 heterocycles. The summed E-state index contributed by atoms with van der Waals surface area (Å²) in [7, 11) is 0. The van der Waals surface area contributed by atoms with Gasteiger partial charge in [-0.1, -0.05) is 61.5 Å². The van der Waals surface area contributed by atoms with Gasteiger partial charge in [0.25, 0.3) is 0 Å². The number of carbonyl (C=O) groups is 4. The number of nitrogens with one attached hydrogen (secondary N) is 4. The zero-order chi connectivity index (χ0) is 85.9. The van der Waals surface area contributed by atoms with Gasteiger partial charge in [0.2, 0.25) is 47.1 Å². The van der Waals surface area contributed by atoms with E-state index in [-0.39, 0.29) is 0 Å². The third kappa shape index (κ3) is 21.9. The molecule has 0 saturated carbocycles. The number of nitrogens with zero attached hydrogens (tertiary/aromatic N) is 15. The highest BCUT2D eigenvalue weighted by atomic mass is 16.5. The lowest BCUT2D eigenvalue weighted by Gasteiger charge is -2.14. The predicted octanol–water partition coefficient (Wildman–Crippen LogP) is 16.8. The van der Waals surface area contributed by atoms with Gasteiger partial charge in [-0.15, -0.1) is 0 Å². The third-order valence-electron chi connectivity index (χ3n) is 18.6. The Hall–Kier alpha value is -16.7. The maximum Gasteiger partial charge on any atom is 0.248 e. The van der Waals surface area contributed by atoms with E-state index in [0.29, 0.717) is 126 Å². The van der Waals surface area contributed by atoms with E-state index in [2.05, 4.69) is 71.5 Å². The van der Waals surface area contributed by atoms with Crippen LogP contribution in [0, 0.1) is 34.6 Å². The standard InChI is InChI=1S/C25H24N6O2.C23H22N6O2.C23H21N5O2.C21H18N6O2/c1-16-6-4-11-23(28-16)31-25(20-9-2-3-10-21(20)30-31)33-19-12-13-27-22(15-19)29-18-8-5-7-17(14-18)24(26)32;1-3-17-13-22(29(28-17)21-9-4-6-15(2)26-21)31-19-10-11-25-20(14-19)27-18-8-5-7-16(12-18)23(24)30;1-15-5-3-8-19(11-15)28-22(12-16(2)27-28)30-20-9-10-25-21(14-20)26-18-7-4-6-17(13-18)23(24)29;1-14-4-2-7-19(25-14)27-20(9-11-24-27)29-17-8-10-23-18(13-17)26-16-6-3-5-15(12-16)21(22)28/h4-8,11-15H,2-3,9-10H2,1H3,(H2,26,32)(H,27,29);4-14H,3H2,1-2H3,(H2,24,30)(H,25,27);3-14H,1-2H3,(H2,24,29)(H,25,26);2-13H,1H3,(H2,22,28)(H,23,26). The number of aromatic nitrogens is 15. The summed E-state index contributed by atoms with van der Waals surface area (Å²) in [5.74, 6) is 7.19. The van der Waals surface area contributed by atoms with E-state index in [9.17, 15) is 19.2 Å². The minimum absolute atomic E-state index is 0.414. The van der Waals surface area contributed by atoms with Gasteiger partial charge < -0.3 is 63.1 Å². The number of rotatable bonds is 25. The Kier molecular flexibility index (Phi) is 26.0. The molecular weight excluding hydrogens is 1560 g/mol. The number of hydrogen-bond donors (Lipinski definition) is 8. The fourth-order valence-corrected chi connectivity index (χ4v) is 12.8. The minimum Gasteiger partial charge on any atom is -0.439 e. The summed E-state index contributed by atoms with van der Waals surface area (Å²) in [6, 6.07) is 72.8. The van der Waals surface area contributed by atoms with Gasteiger partial charge in [0.05, 0.1) is 29.0 Å². The fraction of sp³-hybridized carbons (Fsp3) is 0.120. The second-order valence-corrected chi connectivity index (χ2v) is 28.2. The van der Waals surface area contributed by atoms with Crippen molar-refractivity contribution in [1.82, 2.24) is 74.0 Å². The Bertz CT molecular complexity index is 6500. The number of anilines is 8. The Labute approximate surface area is 706 Å². The van der Waals surface area contributed by atoms with Crippen molar-refractivity contribution in [3.8, 4) is 69.7 Å². The lowest BCUT2D eigenvalue weighted by Crippen LogP contribution is -2.10. The van der Waals surface area contributed by atoms with Gasteiger partial charge in [0, 0.05) is 135 Å². The second-order valence-electron chi connectivity index (χ2n) is 28.2. The van der Waals surface area contributed by atoms with Crippen LogP contribution in [-0.4, -0.2) is 97.6 Å². The van der Waals surface area contributed by atoms with Crippen LogP contribution >= 0.6 is 0 Å². The highest BCUT2D eigenvalue weighted by Crippen LogP contribution is 2.37. The first-order valence-corrected chi connectivity index (χ1v) is 39.1. The maximum absolute atomic E-state index is 11.5. The van der Waals surface area contributed by atoms with Crippen molar-refractivity contribution >= 4 is 69.6 Å². The third-order valence-corrected chi connectivity index (χ3v) is 18.6. The smallest absolute Gasteiger partial charge is 0.248 e. The zero-order valence-corrected chi connectivity index (χ0v) is 67.8. The molecule has 5 aromatic carbocycles. The molecule has 12 N–H and O–H groups in total. The predicted molar refractivity (Wildman–Crippen MR) is 468 cm³/mol. The molecule has 616 valence electrons. The van der Waals surface area contributed by atoms with Crippen molar-refractivity contribution in [2.75, 3.05) is 21.3 Å². The zero-order valence-electron chi connectivity index (χ0n) is 67.8. The molecule has 123 heavy (non-hydrogen) atoms. The van der Waals surface area contributed by atoms with E-state index in [1.807, 2.05) is 163 Å². The van der Waals surface area contributed by atoms with Crippen LogP contribution in [0.4, 0.5) is 46.0 Å². The largest absolute Gasteiger partial charge is 0.439 e. The van der Waals surface area contributed by atoms with E-state index >= 15 is 0 Å². The number of aryl methyl sites for hydroxylation is 7. The van der Waals surface area contributed by atoms with Crippen molar-refractivity contribution in [2.45, 2.75) is 73.6 Å². The van der Waals surface area contributed by atoms with E-state index in [1.54, 1.807) is 171 Å². The summed E-state index contributed by atoms with van der Waals surface area (Å²) in [5.41, 5.74) is 34.6. The Morgan fingerprint density at radius 2 is 0.756 bits per heavy atom. The molecule has 11 aromatic heterocycles. The number of primary amides is 4. The van der Waals surface area contributed by atoms with Crippen LogP contribution in [0.5, 0.6) is 46.5 Å². The number of ether oxygens (including phenoxy) is 4. The van der Waals surface area contributed by atoms with Gasteiger partial charge in [0.1, 0.15) is 46.3 Å². The van der Waals surface area contributed by atoms with Gasteiger partial charge in [-0.25, -0.2) is 39.6 Å². The summed E-state index contributed by atoms with van der Waals surface area (Å²) in [6.45, 7) is 11.8. The highest BCUT2D eigenvalue weighted by Gasteiger charge is 2.25. The molecule has 0 saturated heterocycles. The van der Waals surface area contributed by atoms with Gasteiger partial charge in [-0.3, -0.25) is 19.2 Å². The van der Waals surface area contributed by atoms with Gasteiger partial charge in [-0.2, -0.15) is 34.4 Å². The number of pyridine rings is 7. The molecule has 31 heteroatoms. The van der Waals surface area contributed by atoms with E-state index in [1.165, 1.54) is 0 Å². The molecule has 0 unspecified atom stereocenters. The first-order valence-electron chi connectivity index (χ1n) is 39.1. The summed E-state index contributed by atoms with van der Waals surface area (Å²) in [5, 5.41) is 30.9. The van der Waals surface area contributed by atoms with Crippen molar-refractivity contribution in [3.63, 3.8) is 0 Å². The van der Waals surface area contributed by atoms with Crippen molar-refractivity contribution < 1.29 is 38.1 Å². The van der Waals surface area contributed by atoms with Crippen molar-refractivity contribution in [1.29, 1.82) is 0 Å². The average molecular weight is 1640 g/mol. The van der Waals surface area contributed by atoms with Crippen LogP contribution < -0.4 is 63.1 Å². The highest BCUT2D eigenvalue weighted by molar-refractivity contribution is 5.96. The summed E-state index contributed by atoms with van der Waals surface area (Å²) in [6.07, 6.45) is 13.1. The Morgan fingerprint density at radius 3 is 1.19 bits per heavy atom. The molecule has 0 aliphatic heterocycles. The number of nitrogens with two attached hydrogens (primary N) is 4. The van der Waals surface area contributed by atoms with Crippen LogP contribution in [0.3, 0.4) is 0 Å². The summed E-state index contributed by atoms with van der Waals surface area (Å²) < 4.78 is 31.5. The summed E-state index contributed by atoms with van der Waals surface area (Å²) in [4.78, 5) is 76.6. The number of amides is 4. The monoisotopic (exact) mass is 1640 g/mol. The number of carbonyl (C=O) groups excluding carboxylic acids is 4. The first kappa shape index (κ1) is 82.8. The van der Waals surface area contributed by atoms with Crippen LogP contribution in [0.25, 0.3) is 23.1 Å². The molecule has 0 radical (unpaired) electrons. The number of hydrogen-bond acceptors (Lipinski definition) is 23. The topological polar surface area (TPSA) is 419 Å². The van der Waals surface area contributed by atoms with Crippen molar-refractivity contribution in [3.05, 3.63) is 341 Å². The second kappa shape index (κ2) is 38.6. The molecule has 0 atom stereocenters. The fourth-order valence-electron chi connectivity index (χ4n) is 12.8. The van der Waals surface area contributed by atoms with Crippen LogP contribution in [0.1, 0.15) is 106 Å². The lowest BCUT2D eigenvalue weighted by atomic mass is 9.98. The quantitative estimate of drug-likeness (QED) is 0.0263. The van der Waals surface area contributed by atoms with E-state index in [0.717, 1.165) is 88.9 Å². The molecular formula is C92H85N23O8. The Balaban J connectivity index is 0.000000134. The SMILES string of the molecule is CCc1cc(Oc2ccnc(Nc3cccc(C(N)=O)c3)c2)n(-c2cccc(C)n2)n1.Cc1cccc(-n2nc(C)cc2Oc2ccnc(Nc3cccc(C(N)=O)c3)c2)c1.Cc1cccc(-n2nc3c(c2Oc2ccnc(Nc4cccc(C(N)=O)c4)c2)CCCC3)n1.Cc1cccc(-n2nccc2Oc2ccnc(Nc3cccc(C(N)=O)c3)c2)n1. The van der Waals surface area contributed by atoms with Crippen molar-refractivity contribution in [2.24, 2.45) is 22.9 Å². The van der Waals surface area contributed by atoms with Gasteiger partial charge >= 0.3 is 0 Å². The van der Waals surface area contributed by atoms with Crippen LogP contribution in [0.2, 0.25) is 0 Å². The lowest BCUT2D eigenvalue weighted by molar-refractivity contribution is 0.0992. The first-order chi connectivity index (χ1) is 59.6. The van der Waals surface area contributed by atoms with Crippen LogP contribution in [0.15, 0.2) is 274 Å². The molecule has 0 fully saturated rings. The average Bonchev–Trinajstić information content (AvgIpc) is 1.63. The van der Waals surface area contributed by atoms with Gasteiger partial charge in [-0.05, 0) is 218 Å². The van der Waals surface area contributed by atoms with E-state index < -0.39 is 23.6 Å². The molecule has 17 rings (SSSR count). The molecule has 16 aromatic rings. The van der Waals surface area contributed by atoms with Gasteiger partial charge in [0.15, 0.2) is 17.5 Å². The summed E-state index contributed by atoms with van der Waals surface area (Å²) >= 11 is 0. The molecule has 0 spiro atoms. The number of benzene rings is 5. The molecule has 1 aliphatic rings. The maximum atomic E-state index is 11.5. The molecule has 4 amide bonds. The van der Waals surface area contributed by atoms with E-state index in [4.69, 9.17) is 47.0 Å². The molecule has 1 aliphatic carbocycles. The minimum atomic E-state index is -0.489. The molecule has 0 bridgehead atoms. The normalized spacial score (nSPS) is 11.2. The number of fused-ring (bicyclic) bond motifs is 1. The molecule has 31 nitrogen and oxygen atoms in total. The Morgan fingerprint density at radius 1 is 0.358 bits per heavy atom. The van der Waals surface area contributed by atoms with Crippen LogP contribution in [-0.2, 0) is 19.3 Å².